The summed E-state index contributed by atoms with van der Waals surface area (Å²) in [7, 11) is 0. The quantitative estimate of drug-likeness (QED) is 0.767. The number of hydrogen-bond donors (Lipinski definition) is 0. The van der Waals surface area contributed by atoms with Crippen molar-refractivity contribution in [1.82, 2.24) is 0 Å². The third-order valence-electron chi connectivity index (χ3n) is 2.45. The van der Waals surface area contributed by atoms with Crippen molar-refractivity contribution in [2.24, 2.45) is 0 Å². The zero-order valence-corrected chi connectivity index (χ0v) is 10.0. The van der Waals surface area contributed by atoms with Gasteiger partial charge in [-0.05, 0) is 24.3 Å². The zero-order valence-electron chi connectivity index (χ0n) is 10.0. The Bertz CT molecular complexity index is 590. The molecule has 0 saturated carbocycles. The maximum Gasteiger partial charge on any atom is 0.294 e. The van der Waals surface area contributed by atoms with E-state index in [1.165, 1.54) is 0 Å². The standard InChI is InChI=1S/C15H11NO3/c16-10-15(18-11-17)12-5-4-8-14(9-12)19-13-6-2-1-3-7-13/h1-9,11,15H/t15-/m1/s1. The Kier molecular flexibility index (Phi) is 4.14. The van der Waals surface area contributed by atoms with E-state index in [1.54, 1.807) is 24.3 Å². The summed E-state index contributed by atoms with van der Waals surface area (Å²) in [5.74, 6) is 1.28. The predicted octanol–water partition coefficient (Wildman–Crippen LogP) is 3.22. The molecular formula is C15H11NO3. The number of hydrogen-bond acceptors (Lipinski definition) is 4. The first-order valence-electron chi connectivity index (χ1n) is 5.65. The van der Waals surface area contributed by atoms with Crippen molar-refractivity contribution in [3.63, 3.8) is 0 Å². The molecule has 0 aliphatic heterocycles. The number of ether oxygens (including phenoxy) is 2. The maximum atomic E-state index is 10.3. The van der Waals surface area contributed by atoms with Crippen LogP contribution in [-0.2, 0) is 9.53 Å². The Balaban J connectivity index is 2.20. The van der Waals surface area contributed by atoms with E-state index in [0.29, 0.717) is 17.1 Å². The summed E-state index contributed by atoms with van der Waals surface area (Å²) in [5, 5.41) is 8.92. The molecule has 0 saturated heterocycles. The lowest BCUT2D eigenvalue weighted by Crippen LogP contribution is -2.00. The van der Waals surface area contributed by atoms with Crippen LogP contribution in [0.15, 0.2) is 54.6 Å². The van der Waals surface area contributed by atoms with E-state index in [4.69, 9.17) is 10.00 Å². The fourth-order valence-electron chi connectivity index (χ4n) is 1.60. The molecule has 0 amide bonds. The molecule has 0 heterocycles. The van der Waals surface area contributed by atoms with Crippen LogP contribution in [-0.4, -0.2) is 6.47 Å². The van der Waals surface area contributed by atoms with Crippen molar-refractivity contribution in [2.45, 2.75) is 6.10 Å². The molecule has 19 heavy (non-hydrogen) atoms. The van der Waals surface area contributed by atoms with E-state index < -0.39 is 6.10 Å². The summed E-state index contributed by atoms with van der Waals surface area (Å²) >= 11 is 0. The highest BCUT2D eigenvalue weighted by atomic mass is 16.5. The van der Waals surface area contributed by atoms with Gasteiger partial charge in [-0.2, -0.15) is 5.26 Å². The monoisotopic (exact) mass is 253 g/mol. The van der Waals surface area contributed by atoms with Crippen LogP contribution in [0.1, 0.15) is 11.7 Å². The van der Waals surface area contributed by atoms with Crippen molar-refractivity contribution < 1.29 is 14.3 Å². The Morgan fingerprint density at radius 3 is 2.47 bits per heavy atom. The van der Waals surface area contributed by atoms with Crippen molar-refractivity contribution in [3.8, 4) is 17.6 Å². The van der Waals surface area contributed by atoms with Gasteiger partial charge in [0.1, 0.15) is 17.6 Å². The van der Waals surface area contributed by atoms with Crippen molar-refractivity contribution in [1.29, 1.82) is 5.26 Å². The molecule has 0 aliphatic carbocycles. The van der Waals surface area contributed by atoms with Gasteiger partial charge in [0, 0.05) is 5.56 Å². The highest BCUT2D eigenvalue weighted by Gasteiger charge is 2.11. The number of para-hydroxylation sites is 1. The smallest absolute Gasteiger partial charge is 0.294 e. The van der Waals surface area contributed by atoms with Gasteiger partial charge in [0.15, 0.2) is 0 Å². The Morgan fingerprint density at radius 2 is 1.79 bits per heavy atom. The van der Waals surface area contributed by atoms with Crippen LogP contribution in [0.25, 0.3) is 0 Å². The summed E-state index contributed by atoms with van der Waals surface area (Å²) in [6, 6.07) is 18.1. The SMILES string of the molecule is N#C[C@@H](OC=O)c1cccc(Oc2ccccc2)c1. The van der Waals surface area contributed by atoms with E-state index in [-0.39, 0.29) is 6.47 Å². The van der Waals surface area contributed by atoms with Gasteiger partial charge in [-0.3, -0.25) is 4.79 Å². The normalized spacial score (nSPS) is 11.1. The summed E-state index contributed by atoms with van der Waals surface area (Å²) < 4.78 is 10.3. The maximum absolute atomic E-state index is 10.3. The Labute approximate surface area is 110 Å². The van der Waals surface area contributed by atoms with E-state index in [0.717, 1.165) is 0 Å². The van der Waals surface area contributed by atoms with Gasteiger partial charge in [-0.15, -0.1) is 0 Å². The number of nitriles is 1. The summed E-state index contributed by atoms with van der Waals surface area (Å²) in [4.78, 5) is 10.3. The number of rotatable bonds is 5. The second kappa shape index (κ2) is 6.22. The van der Waals surface area contributed by atoms with Crippen LogP contribution >= 0.6 is 0 Å². The van der Waals surface area contributed by atoms with E-state index in [9.17, 15) is 4.79 Å². The third kappa shape index (κ3) is 3.33. The van der Waals surface area contributed by atoms with Crippen molar-refractivity contribution >= 4 is 6.47 Å². The van der Waals surface area contributed by atoms with Crippen LogP contribution in [0.2, 0.25) is 0 Å². The van der Waals surface area contributed by atoms with Gasteiger partial charge in [0.2, 0.25) is 6.10 Å². The van der Waals surface area contributed by atoms with Crippen molar-refractivity contribution in [2.75, 3.05) is 0 Å². The Hall–Kier alpha value is -2.80. The molecule has 94 valence electrons. The number of nitrogens with zero attached hydrogens (tertiary/aromatic N) is 1. The van der Waals surface area contributed by atoms with Crippen LogP contribution in [0.3, 0.4) is 0 Å². The first-order valence-corrected chi connectivity index (χ1v) is 5.65. The first kappa shape index (κ1) is 12.7. The minimum absolute atomic E-state index is 0.263. The molecular weight excluding hydrogens is 242 g/mol. The van der Waals surface area contributed by atoms with Gasteiger partial charge >= 0.3 is 0 Å². The van der Waals surface area contributed by atoms with Gasteiger partial charge < -0.3 is 9.47 Å². The largest absolute Gasteiger partial charge is 0.457 e. The molecule has 1 atom stereocenters. The van der Waals surface area contributed by atoms with Crippen LogP contribution < -0.4 is 4.74 Å². The highest BCUT2D eigenvalue weighted by molar-refractivity contribution is 5.41. The number of benzene rings is 2. The van der Waals surface area contributed by atoms with Crippen molar-refractivity contribution in [3.05, 3.63) is 60.2 Å². The molecule has 2 aromatic rings. The van der Waals surface area contributed by atoms with Crippen LogP contribution in [0.5, 0.6) is 11.5 Å². The molecule has 4 heteroatoms. The predicted molar refractivity (Wildman–Crippen MR) is 68.5 cm³/mol. The molecule has 0 bridgehead atoms. The lowest BCUT2D eigenvalue weighted by Gasteiger charge is -2.10. The molecule has 4 nitrogen and oxygen atoms in total. The average Bonchev–Trinajstić information content (AvgIpc) is 2.46. The first-order chi connectivity index (χ1) is 9.33. The molecule has 0 aromatic heterocycles. The number of carbonyl (C=O) groups is 1. The lowest BCUT2D eigenvalue weighted by atomic mass is 10.1. The fraction of sp³-hybridized carbons (Fsp3) is 0.0667. The van der Waals surface area contributed by atoms with E-state index in [2.05, 4.69) is 4.74 Å². The van der Waals surface area contributed by atoms with Crippen LogP contribution in [0, 0.1) is 11.3 Å². The molecule has 0 radical (unpaired) electrons. The number of carbonyl (C=O) groups excluding carboxylic acids is 1. The summed E-state index contributed by atoms with van der Waals surface area (Å²) in [5.41, 5.74) is 0.572. The minimum atomic E-state index is -0.920. The average molecular weight is 253 g/mol. The topological polar surface area (TPSA) is 59.3 Å². The lowest BCUT2D eigenvalue weighted by molar-refractivity contribution is -0.131. The van der Waals surface area contributed by atoms with E-state index >= 15 is 0 Å². The molecule has 0 aliphatic rings. The van der Waals surface area contributed by atoms with Crippen LogP contribution in [0.4, 0.5) is 0 Å². The molecule has 2 aromatic carbocycles. The second-order valence-corrected chi connectivity index (χ2v) is 3.73. The summed E-state index contributed by atoms with van der Waals surface area (Å²) in [6.07, 6.45) is -0.920. The zero-order chi connectivity index (χ0) is 13.5. The second-order valence-electron chi connectivity index (χ2n) is 3.73. The molecule has 0 fully saturated rings. The third-order valence-corrected chi connectivity index (χ3v) is 2.45. The van der Waals surface area contributed by atoms with Gasteiger partial charge in [0.25, 0.3) is 6.47 Å². The van der Waals surface area contributed by atoms with E-state index in [1.807, 2.05) is 36.4 Å². The van der Waals surface area contributed by atoms with Gasteiger partial charge in [-0.1, -0.05) is 30.3 Å². The van der Waals surface area contributed by atoms with Gasteiger partial charge in [-0.25, -0.2) is 0 Å². The fourth-order valence-corrected chi connectivity index (χ4v) is 1.60. The molecule has 0 unspecified atom stereocenters. The Morgan fingerprint density at radius 1 is 1.05 bits per heavy atom. The summed E-state index contributed by atoms with van der Waals surface area (Å²) in [6.45, 7) is 0.263. The molecule has 0 spiro atoms. The minimum Gasteiger partial charge on any atom is -0.457 e. The van der Waals surface area contributed by atoms with Gasteiger partial charge in [0.05, 0.1) is 0 Å². The highest BCUT2D eigenvalue weighted by Crippen LogP contribution is 2.25. The molecule has 2 rings (SSSR count). The molecule has 0 N–H and O–H groups in total.